The lowest BCUT2D eigenvalue weighted by Gasteiger charge is -1.93. The Morgan fingerprint density at radius 1 is 0.708 bits per heavy atom. The van der Waals surface area contributed by atoms with E-state index >= 15 is 0 Å². The number of rotatable bonds is 12. The molecule has 0 aromatic heterocycles. The molecule has 0 aromatic rings. The van der Waals surface area contributed by atoms with Gasteiger partial charge in [0.1, 0.15) is 0 Å². The Labute approximate surface area is 145 Å². The second-order valence-electron chi connectivity index (χ2n) is 5.00. The van der Waals surface area contributed by atoms with Crippen molar-refractivity contribution in [3.63, 3.8) is 0 Å². The van der Waals surface area contributed by atoms with Gasteiger partial charge < -0.3 is 9.47 Å². The zero-order valence-electron chi connectivity index (χ0n) is 14.6. The summed E-state index contributed by atoms with van der Waals surface area (Å²) < 4.78 is 9.57. The van der Waals surface area contributed by atoms with E-state index in [2.05, 4.69) is 13.8 Å². The summed E-state index contributed by atoms with van der Waals surface area (Å²) in [5, 5.41) is 0. The monoisotopic (exact) mass is 332 g/mol. The van der Waals surface area contributed by atoms with Gasteiger partial charge in [-0.05, 0) is 25.0 Å². The van der Waals surface area contributed by atoms with Gasteiger partial charge in [0.25, 0.3) is 0 Å². The Morgan fingerprint density at radius 2 is 1.12 bits per heavy atom. The number of hydrogen-bond acceptors (Lipinski definition) is 4. The van der Waals surface area contributed by atoms with Crippen LogP contribution in [0.15, 0.2) is 61.1 Å². The van der Waals surface area contributed by atoms with Gasteiger partial charge in [0.2, 0.25) is 0 Å². The fourth-order valence-corrected chi connectivity index (χ4v) is 1.51. The molecule has 0 bridgehead atoms. The topological polar surface area (TPSA) is 52.6 Å². The van der Waals surface area contributed by atoms with Crippen molar-refractivity contribution < 1.29 is 19.1 Å². The van der Waals surface area contributed by atoms with E-state index in [4.69, 9.17) is 9.47 Å². The lowest BCUT2D eigenvalue weighted by atomic mass is 10.2. The highest BCUT2D eigenvalue weighted by Crippen LogP contribution is 1.96. The third-order valence-corrected chi connectivity index (χ3v) is 2.82. The van der Waals surface area contributed by atoms with Gasteiger partial charge in [-0.2, -0.15) is 0 Å². The van der Waals surface area contributed by atoms with Gasteiger partial charge in [-0.1, -0.05) is 63.8 Å². The Bertz CT molecular complexity index is 438. The second kappa shape index (κ2) is 17.0. The molecule has 0 heterocycles. The summed E-state index contributed by atoms with van der Waals surface area (Å²) in [4.78, 5) is 22.7. The van der Waals surface area contributed by atoms with E-state index in [1.54, 1.807) is 12.2 Å². The molecule has 0 radical (unpaired) electrons. The number of hydrogen-bond donors (Lipinski definition) is 0. The summed E-state index contributed by atoms with van der Waals surface area (Å²) in [5.74, 6) is -1.26. The highest BCUT2D eigenvalue weighted by molar-refractivity contribution is 5.92. The summed E-state index contributed by atoms with van der Waals surface area (Å²) in [6, 6.07) is 0. The van der Waals surface area contributed by atoms with Crippen molar-refractivity contribution in [2.75, 3.05) is 0 Å². The highest BCUT2D eigenvalue weighted by Gasteiger charge is 1.97. The lowest BCUT2D eigenvalue weighted by molar-refractivity contribution is -0.135. The van der Waals surface area contributed by atoms with Crippen LogP contribution in [0.2, 0.25) is 0 Å². The Balaban J connectivity index is 3.90. The van der Waals surface area contributed by atoms with E-state index in [9.17, 15) is 9.59 Å². The van der Waals surface area contributed by atoms with Crippen LogP contribution in [0.1, 0.15) is 52.4 Å². The third-order valence-electron chi connectivity index (χ3n) is 2.82. The molecule has 0 atom stereocenters. The van der Waals surface area contributed by atoms with E-state index in [-0.39, 0.29) is 0 Å². The number of carbonyl (C=O) groups is 2. The summed E-state index contributed by atoms with van der Waals surface area (Å²) in [6.45, 7) is 4.26. The zero-order valence-corrected chi connectivity index (χ0v) is 14.6. The van der Waals surface area contributed by atoms with Crippen molar-refractivity contribution in [1.82, 2.24) is 0 Å². The molecular formula is C20H28O4. The van der Waals surface area contributed by atoms with Gasteiger partial charge in [-0.25, -0.2) is 9.59 Å². The van der Waals surface area contributed by atoms with E-state index < -0.39 is 11.9 Å². The van der Waals surface area contributed by atoms with Crippen LogP contribution in [-0.2, 0) is 19.1 Å². The van der Waals surface area contributed by atoms with Crippen molar-refractivity contribution in [2.45, 2.75) is 52.4 Å². The van der Waals surface area contributed by atoms with Gasteiger partial charge >= 0.3 is 11.9 Å². The number of carbonyl (C=O) groups excluding carboxylic acids is 2. The summed E-state index contributed by atoms with van der Waals surface area (Å²) in [7, 11) is 0. The third kappa shape index (κ3) is 16.0. The fourth-order valence-electron chi connectivity index (χ4n) is 1.51. The molecular weight excluding hydrogens is 304 g/mol. The lowest BCUT2D eigenvalue weighted by Crippen LogP contribution is -1.98. The summed E-state index contributed by atoms with van der Waals surface area (Å²) in [5.41, 5.74) is 0. The Morgan fingerprint density at radius 3 is 1.50 bits per heavy atom. The average molecular weight is 332 g/mol. The number of ether oxygens (including phenoxy) is 2. The van der Waals surface area contributed by atoms with Gasteiger partial charge in [0.05, 0.1) is 12.5 Å². The van der Waals surface area contributed by atoms with E-state index in [0.717, 1.165) is 50.7 Å². The standard InChI is InChI=1S/C20H28O4/c1-3-5-7-9-11-13-17-23-19(21)15-16-20(22)24-18-14-12-10-8-6-4-2/h9-18H,3-8H2,1-2H3/b11-9+,12-10+,16-15-,17-13+,18-14+. The van der Waals surface area contributed by atoms with Crippen molar-refractivity contribution in [3.05, 3.63) is 61.1 Å². The molecule has 132 valence electrons. The predicted molar refractivity (Wildman–Crippen MR) is 96.9 cm³/mol. The van der Waals surface area contributed by atoms with Crippen LogP contribution in [-0.4, -0.2) is 11.9 Å². The second-order valence-corrected chi connectivity index (χ2v) is 5.00. The first-order chi connectivity index (χ1) is 11.7. The molecule has 0 saturated heterocycles. The molecule has 0 saturated carbocycles. The maximum Gasteiger partial charge on any atom is 0.335 e. The molecule has 0 N–H and O–H groups in total. The van der Waals surface area contributed by atoms with Crippen molar-refractivity contribution in [2.24, 2.45) is 0 Å². The normalized spacial score (nSPS) is 12.2. The molecule has 4 heteroatoms. The average Bonchev–Trinajstić information content (AvgIpc) is 2.58. The quantitative estimate of drug-likeness (QED) is 0.163. The first-order valence-corrected chi connectivity index (χ1v) is 8.43. The summed E-state index contributed by atoms with van der Waals surface area (Å²) >= 11 is 0. The van der Waals surface area contributed by atoms with Crippen molar-refractivity contribution >= 4 is 11.9 Å². The Hall–Kier alpha value is -2.36. The van der Waals surface area contributed by atoms with Crippen LogP contribution in [0.4, 0.5) is 0 Å². The molecule has 0 fully saturated rings. The smallest absolute Gasteiger partial charge is 0.335 e. The highest BCUT2D eigenvalue weighted by atomic mass is 16.5. The van der Waals surface area contributed by atoms with Crippen molar-refractivity contribution in [1.29, 1.82) is 0 Å². The molecule has 0 unspecified atom stereocenters. The van der Waals surface area contributed by atoms with Gasteiger partial charge in [-0.3, -0.25) is 0 Å². The summed E-state index contributed by atoms with van der Waals surface area (Å²) in [6.07, 6.45) is 22.1. The molecule has 24 heavy (non-hydrogen) atoms. The van der Waals surface area contributed by atoms with Crippen LogP contribution < -0.4 is 0 Å². The number of unbranched alkanes of at least 4 members (excludes halogenated alkanes) is 4. The van der Waals surface area contributed by atoms with Crippen molar-refractivity contribution in [3.8, 4) is 0 Å². The molecule has 4 nitrogen and oxygen atoms in total. The minimum absolute atomic E-state index is 0.631. The van der Waals surface area contributed by atoms with Gasteiger partial charge in [0, 0.05) is 12.2 Å². The fraction of sp³-hybridized carbons (Fsp3) is 0.400. The molecule has 0 rings (SSSR count). The molecule has 0 spiro atoms. The number of esters is 2. The van der Waals surface area contributed by atoms with Gasteiger partial charge in [0.15, 0.2) is 0 Å². The largest absolute Gasteiger partial charge is 0.431 e. The molecule has 0 amide bonds. The Kier molecular flexibility index (Phi) is 15.3. The van der Waals surface area contributed by atoms with Crippen LogP contribution >= 0.6 is 0 Å². The maximum atomic E-state index is 11.3. The molecule has 0 aromatic carbocycles. The van der Waals surface area contributed by atoms with Crippen LogP contribution in [0.3, 0.4) is 0 Å². The van der Waals surface area contributed by atoms with Crippen LogP contribution in [0, 0.1) is 0 Å². The molecule has 0 aliphatic rings. The van der Waals surface area contributed by atoms with Gasteiger partial charge in [-0.15, -0.1) is 0 Å². The minimum atomic E-state index is -0.631. The minimum Gasteiger partial charge on any atom is -0.431 e. The molecule has 0 aliphatic carbocycles. The molecule has 0 aliphatic heterocycles. The van der Waals surface area contributed by atoms with Crippen LogP contribution in [0.5, 0.6) is 0 Å². The number of allylic oxidation sites excluding steroid dienone is 6. The first kappa shape index (κ1) is 21.6. The zero-order chi connectivity index (χ0) is 17.9. The first-order valence-electron chi connectivity index (χ1n) is 8.43. The van der Waals surface area contributed by atoms with E-state index in [1.165, 1.54) is 12.5 Å². The van der Waals surface area contributed by atoms with E-state index in [1.807, 2.05) is 24.3 Å². The predicted octanol–water partition coefficient (Wildman–Crippen LogP) is 5.15. The maximum absolute atomic E-state index is 11.3. The van der Waals surface area contributed by atoms with Crippen LogP contribution in [0.25, 0.3) is 0 Å². The SMILES string of the molecule is CCCC/C=C/C=C/OC(=O)/C=C\C(=O)O/C=C/C=C/CCCC. The van der Waals surface area contributed by atoms with E-state index in [0.29, 0.717) is 0 Å².